The number of carbonyl (C=O) groups is 2. The van der Waals surface area contributed by atoms with E-state index in [1.165, 1.54) is 4.90 Å². The number of carbonyl (C=O) groups excluding carboxylic acids is 2. The fraction of sp³-hybridized carbons (Fsp3) is 0.500. The van der Waals surface area contributed by atoms with E-state index >= 15 is 0 Å². The molecule has 2 amide bonds. The molecule has 1 aromatic heterocycles. The summed E-state index contributed by atoms with van der Waals surface area (Å²) >= 11 is 0. The number of hydrogen-bond donors (Lipinski definition) is 1. The van der Waals surface area contributed by atoms with Crippen LogP contribution in [0.2, 0.25) is 0 Å². The third-order valence-corrected chi connectivity index (χ3v) is 4.35. The van der Waals surface area contributed by atoms with Gasteiger partial charge in [0, 0.05) is 6.20 Å². The van der Waals surface area contributed by atoms with Gasteiger partial charge < -0.3 is 0 Å². The molecule has 6 nitrogen and oxygen atoms in total. The number of aromatic nitrogens is 3. The fourth-order valence-electron chi connectivity index (χ4n) is 3.58. The summed E-state index contributed by atoms with van der Waals surface area (Å²) in [7, 11) is 0. The van der Waals surface area contributed by atoms with Crippen molar-refractivity contribution in [3.63, 3.8) is 0 Å². The summed E-state index contributed by atoms with van der Waals surface area (Å²) < 4.78 is 0. The van der Waals surface area contributed by atoms with E-state index in [1.54, 1.807) is 6.20 Å². The van der Waals surface area contributed by atoms with Gasteiger partial charge in [0.1, 0.15) is 5.69 Å². The number of nitrogens with one attached hydrogen (secondary N) is 1. The number of fused-ring (bicyclic) bond motifs is 5. The van der Waals surface area contributed by atoms with Gasteiger partial charge in [0.05, 0.1) is 18.4 Å². The molecule has 0 spiro atoms. The summed E-state index contributed by atoms with van der Waals surface area (Å²) in [5, 5.41) is 10.0. The summed E-state index contributed by atoms with van der Waals surface area (Å²) in [6, 6.07) is 0. The van der Waals surface area contributed by atoms with Crippen molar-refractivity contribution >= 4 is 11.8 Å². The fourth-order valence-corrected chi connectivity index (χ4v) is 3.58. The third kappa shape index (κ3) is 1.12. The molecular formula is C12H12N4O2. The minimum absolute atomic E-state index is 0.0372. The summed E-state index contributed by atoms with van der Waals surface area (Å²) in [6.45, 7) is 0.237. The minimum atomic E-state index is -0.126. The van der Waals surface area contributed by atoms with Crippen LogP contribution in [-0.2, 0) is 16.1 Å². The molecule has 2 bridgehead atoms. The average Bonchev–Trinajstić information content (AvgIpc) is 3.10. The van der Waals surface area contributed by atoms with Gasteiger partial charge in [-0.1, -0.05) is 17.4 Å². The Morgan fingerprint density at radius 1 is 1.22 bits per heavy atom. The van der Waals surface area contributed by atoms with Gasteiger partial charge >= 0.3 is 0 Å². The van der Waals surface area contributed by atoms with Gasteiger partial charge in [-0.05, 0) is 18.3 Å². The van der Waals surface area contributed by atoms with Crippen molar-refractivity contribution in [2.75, 3.05) is 0 Å². The second kappa shape index (κ2) is 3.28. The minimum Gasteiger partial charge on any atom is -0.276 e. The molecule has 18 heavy (non-hydrogen) atoms. The Morgan fingerprint density at radius 2 is 1.89 bits per heavy atom. The number of rotatable bonds is 2. The molecule has 4 rings (SSSR count). The predicted molar refractivity (Wildman–Crippen MR) is 59.7 cm³/mol. The van der Waals surface area contributed by atoms with Gasteiger partial charge in [0.15, 0.2) is 0 Å². The maximum Gasteiger partial charge on any atom is 0.234 e. The van der Waals surface area contributed by atoms with E-state index in [1.807, 2.05) is 0 Å². The van der Waals surface area contributed by atoms with Crippen LogP contribution in [0.4, 0.5) is 0 Å². The smallest absolute Gasteiger partial charge is 0.234 e. The number of H-pyrrole nitrogens is 1. The lowest BCUT2D eigenvalue weighted by atomic mass is 9.85. The molecule has 6 heteroatoms. The molecule has 2 aliphatic carbocycles. The van der Waals surface area contributed by atoms with E-state index < -0.39 is 0 Å². The Labute approximate surface area is 103 Å². The van der Waals surface area contributed by atoms with Crippen molar-refractivity contribution in [3.05, 3.63) is 24.0 Å². The van der Waals surface area contributed by atoms with Crippen molar-refractivity contribution in [1.29, 1.82) is 0 Å². The first-order chi connectivity index (χ1) is 8.75. The monoisotopic (exact) mass is 244 g/mol. The van der Waals surface area contributed by atoms with E-state index in [0.29, 0.717) is 5.69 Å². The molecule has 3 aliphatic rings. The van der Waals surface area contributed by atoms with E-state index in [0.717, 1.165) is 6.42 Å². The van der Waals surface area contributed by atoms with Crippen molar-refractivity contribution < 1.29 is 9.59 Å². The second-order valence-corrected chi connectivity index (χ2v) is 5.23. The molecule has 1 saturated heterocycles. The van der Waals surface area contributed by atoms with E-state index in [4.69, 9.17) is 0 Å². The Balaban J connectivity index is 1.64. The van der Waals surface area contributed by atoms with Gasteiger partial charge in [0.25, 0.3) is 0 Å². The zero-order valence-electron chi connectivity index (χ0n) is 9.61. The summed E-state index contributed by atoms with van der Waals surface area (Å²) in [5.74, 6) is 0.200. The van der Waals surface area contributed by atoms with Crippen LogP contribution in [-0.4, -0.2) is 32.1 Å². The highest BCUT2D eigenvalue weighted by molar-refractivity contribution is 6.06. The maximum atomic E-state index is 12.3. The maximum absolute atomic E-state index is 12.3. The standard InChI is InChI=1S/C12H12N4O2/c17-11-9-6-1-2-7(3-6)10(9)12(18)16(11)5-8-4-13-15-14-8/h1-2,4,6-7,9-10H,3,5H2,(H,13,14,15)/t6?,7?,9-,10+. The highest BCUT2D eigenvalue weighted by atomic mass is 16.2. The van der Waals surface area contributed by atoms with Gasteiger partial charge in [-0.2, -0.15) is 0 Å². The summed E-state index contributed by atoms with van der Waals surface area (Å²) in [4.78, 5) is 26.0. The van der Waals surface area contributed by atoms with Crippen LogP contribution in [0.25, 0.3) is 0 Å². The van der Waals surface area contributed by atoms with Crippen LogP contribution in [0.15, 0.2) is 18.3 Å². The van der Waals surface area contributed by atoms with E-state index in [2.05, 4.69) is 27.6 Å². The third-order valence-electron chi connectivity index (χ3n) is 4.35. The predicted octanol–water partition coefficient (Wildman–Crippen LogP) is 0.112. The van der Waals surface area contributed by atoms with E-state index in [9.17, 15) is 9.59 Å². The molecule has 2 fully saturated rings. The molecule has 4 atom stereocenters. The molecule has 2 heterocycles. The Hall–Kier alpha value is -1.98. The normalized spacial score (nSPS) is 36.8. The number of allylic oxidation sites excluding steroid dienone is 2. The highest BCUT2D eigenvalue weighted by Gasteiger charge is 2.59. The quantitative estimate of drug-likeness (QED) is 0.591. The Morgan fingerprint density at radius 3 is 2.44 bits per heavy atom. The first kappa shape index (κ1) is 9.99. The van der Waals surface area contributed by atoms with Gasteiger partial charge in [0.2, 0.25) is 11.8 Å². The van der Waals surface area contributed by atoms with Crippen molar-refractivity contribution in [3.8, 4) is 0 Å². The van der Waals surface area contributed by atoms with Gasteiger partial charge in [-0.15, -0.1) is 5.10 Å². The SMILES string of the molecule is O=C1[C@@H]2C3C=CC(C3)[C@@H]2C(=O)N1Cc1c[nH]nn1. The number of amides is 2. The Bertz CT molecular complexity index is 520. The number of hydrogen-bond acceptors (Lipinski definition) is 4. The van der Waals surface area contributed by atoms with Crippen molar-refractivity contribution in [2.45, 2.75) is 13.0 Å². The van der Waals surface area contributed by atoms with Crippen LogP contribution in [0.1, 0.15) is 12.1 Å². The zero-order valence-corrected chi connectivity index (χ0v) is 9.61. The highest BCUT2D eigenvalue weighted by Crippen LogP contribution is 2.52. The van der Waals surface area contributed by atoms with Crippen LogP contribution >= 0.6 is 0 Å². The average molecular weight is 244 g/mol. The lowest BCUT2D eigenvalue weighted by Gasteiger charge is -2.15. The topological polar surface area (TPSA) is 79.0 Å². The number of aromatic amines is 1. The van der Waals surface area contributed by atoms with Gasteiger partial charge in [-0.3, -0.25) is 19.6 Å². The van der Waals surface area contributed by atoms with Crippen LogP contribution in [0.5, 0.6) is 0 Å². The van der Waals surface area contributed by atoms with E-state index in [-0.39, 0.29) is 42.0 Å². The van der Waals surface area contributed by atoms with Gasteiger partial charge in [-0.25, -0.2) is 0 Å². The summed E-state index contributed by atoms with van der Waals surface area (Å²) in [6.07, 6.45) is 6.76. The van der Waals surface area contributed by atoms with Crippen LogP contribution in [0.3, 0.4) is 0 Å². The summed E-state index contributed by atoms with van der Waals surface area (Å²) in [5.41, 5.74) is 0.622. The molecule has 1 aliphatic heterocycles. The van der Waals surface area contributed by atoms with Crippen molar-refractivity contribution in [2.24, 2.45) is 23.7 Å². The molecule has 1 aromatic rings. The largest absolute Gasteiger partial charge is 0.276 e. The number of imide groups is 1. The molecule has 2 unspecified atom stereocenters. The first-order valence-electron chi connectivity index (χ1n) is 6.14. The Kier molecular flexibility index (Phi) is 1.82. The molecular weight excluding hydrogens is 232 g/mol. The molecule has 1 saturated carbocycles. The second-order valence-electron chi connectivity index (χ2n) is 5.23. The lowest BCUT2D eigenvalue weighted by Crippen LogP contribution is -2.32. The van der Waals surface area contributed by atoms with Crippen LogP contribution in [0, 0.1) is 23.7 Å². The number of nitrogens with zero attached hydrogens (tertiary/aromatic N) is 3. The van der Waals surface area contributed by atoms with Crippen molar-refractivity contribution in [1.82, 2.24) is 20.3 Å². The molecule has 0 aromatic carbocycles. The molecule has 1 N–H and O–H groups in total. The lowest BCUT2D eigenvalue weighted by molar-refractivity contribution is -0.141. The number of likely N-dealkylation sites (tertiary alicyclic amines) is 1. The molecule has 0 radical (unpaired) electrons. The molecule has 92 valence electrons. The van der Waals surface area contributed by atoms with Crippen LogP contribution < -0.4 is 0 Å². The zero-order chi connectivity index (χ0) is 12.3. The first-order valence-corrected chi connectivity index (χ1v) is 6.14.